The Balaban J connectivity index is 1.51. The first-order valence-corrected chi connectivity index (χ1v) is 10.5. The molecule has 0 bridgehead atoms. The molecular weight excluding hydrogens is 429 g/mol. The van der Waals surface area contributed by atoms with Gasteiger partial charge in [0.05, 0.1) is 19.2 Å². The van der Waals surface area contributed by atoms with Gasteiger partial charge in [-0.3, -0.25) is 9.59 Å². The van der Waals surface area contributed by atoms with E-state index < -0.39 is 17.2 Å². The smallest absolute Gasteiger partial charge is 0.245 e. The van der Waals surface area contributed by atoms with Gasteiger partial charge in [0, 0.05) is 17.7 Å². The number of ether oxygens (including phenoxy) is 1. The summed E-state index contributed by atoms with van der Waals surface area (Å²) in [6, 6.07) is 8.05. The SMILES string of the molecule is COc1cc(-c2nc(N)c3c(n2)NC(=O)C3(C)C(=O)NC2CC2)nn1Cc1ccccc1F. The fourth-order valence-corrected chi connectivity index (χ4v) is 3.87. The molecule has 3 heterocycles. The minimum Gasteiger partial charge on any atom is -0.481 e. The molecule has 170 valence electrons. The van der Waals surface area contributed by atoms with Gasteiger partial charge in [0.1, 0.15) is 23.1 Å². The van der Waals surface area contributed by atoms with Crippen LogP contribution in [-0.4, -0.2) is 44.7 Å². The highest BCUT2D eigenvalue weighted by molar-refractivity contribution is 6.20. The van der Waals surface area contributed by atoms with Crippen molar-refractivity contribution in [3.63, 3.8) is 0 Å². The second-order valence-corrected chi connectivity index (χ2v) is 8.30. The number of hydrogen-bond acceptors (Lipinski definition) is 7. The molecule has 33 heavy (non-hydrogen) atoms. The zero-order valence-corrected chi connectivity index (χ0v) is 18.1. The lowest BCUT2D eigenvalue weighted by Crippen LogP contribution is -2.48. The maximum atomic E-state index is 14.1. The molecular formula is C22H22FN7O3. The summed E-state index contributed by atoms with van der Waals surface area (Å²) in [4.78, 5) is 34.3. The average molecular weight is 451 g/mol. The average Bonchev–Trinajstić information content (AvgIpc) is 3.43. The van der Waals surface area contributed by atoms with Crippen LogP contribution in [0, 0.1) is 5.82 Å². The number of carbonyl (C=O) groups excluding carboxylic acids is 2. The van der Waals surface area contributed by atoms with Crippen LogP contribution in [0.15, 0.2) is 30.3 Å². The Labute approximate surface area is 188 Å². The summed E-state index contributed by atoms with van der Waals surface area (Å²) in [7, 11) is 1.47. The predicted octanol–water partition coefficient (Wildman–Crippen LogP) is 1.61. The van der Waals surface area contributed by atoms with Crippen molar-refractivity contribution in [2.24, 2.45) is 0 Å². The normalized spacial score (nSPS) is 19.2. The van der Waals surface area contributed by atoms with Crippen LogP contribution < -0.4 is 21.1 Å². The summed E-state index contributed by atoms with van der Waals surface area (Å²) in [5.41, 5.74) is 5.69. The van der Waals surface area contributed by atoms with Crippen LogP contribution >= 0.6 is 0 Å². The van der Waals surface area contributed by atoms with Crippen LogP contribution in [0.3, 0.4) is 0 Å². The monoisotopic (exact) mass is 451 g/mol. The molecule has 11 heteroatoms. The highest BCUT2D eigenvalue weighted by Gasteiger charge is 2.52. The summed E-state index contributed by atoms with van der Waals surface area (Å²) in [5.74, 6) is -0.627. The number of hydrogen-bond donors (Lipinski definition) is 3. The Bertz CT molecular complexity index is 1290. The number of amides is 2. The van der Waals surface area contributed by atoms with Crippen molar-refractivity contribution in [1.29, 1.82) is 0 Å². The molecule has 0 spiro atoms. The van der Waals surface area contributed by atoms with Gasteiger partial charge in [-0.15, -0.1) is 0 Å². The summed E-state index contributed by atoms with van der Waals surface area (Å²) >= 11 is 0. The lowest BCUT2D eigenvalue weighted by Gasteiger charge is -2.21. The minimum absolute atomic E-state index is 0.00409. The van der Waals surface area contributed by atoms with E-state index in [1.54, 1.807) is 24.3 Å². The summed E-state index contributed by atoms with van der Waals surface area (Å²) in [6.45, 7) is 1.64. The minimum atomic E-state index is -1.53. The standard InChI is InChI=1S/C22H22FN7O3/c1-22(20(31)25-12-7-8-12)16-17(24)26-18(27-19(16)28-21(22)32)14-9-15(33-2)30(29-14)10-11-5-3-4-6-13(11)23/h3-6,9,12H,7-8,10H2,1-2H3,(H,25,31)(H3,24,26,27,28,32). The van der Waals surface area contributed by atoms with Gasteiger partial charge in [-0.1, -0.05) is 18.2 Å². The zero-order valence-electron chi connectivity index (χ0n) is 18.1. The van der Waals surface area contributed by atoms with Gasteiger partial charge in [-0.2, -0.15) is 5.10 Å². The number of nitrogens with one attached hydrogen (secondary N) is 2. The van der Waals surface area contributed by atoms with Crippen molar-refractivity contribution >= 4 is 23.5 Å². The van der Waals surface area contributed by atoms with Gasteiger partial charge in [0.15, 0.2) is 11.2 Å². The van der Waals surface area contributed by atoms with E-state index in [1.807, 2.05) is 0 Å². The van der Waals surface area contributed by atoms with E-state index in [-0.39, 0.29) is 41.4 Å². The number of anilines is 2. The first kappa shape index (κ1) is 20.9. The van der Waals surface area contributed by atoms with Gasteiger partial charge in [-0.05, 0) is 25.8 Å². The molecule has 1 aliphatic carbocycles. The second kappa shape index (κ2) is 7.54. The van der Waals surface area contributed by atoms with Crippen LogP contribution in [0.2, 0.25) is 0 Å². The molecule has 2 aliphatic rings. The molecule has 1 atom stereocenters. The predicted molar refractivity (Wildman–Crippen MR) is 117 cm³/mol. The van der Waals surface area contributed by atoms with Crippen molar-refractivity contribution in [3.8, 4) is 17.4 Å². The third-order valence-corrected chi connectivity index (χ3v) is 5.95. The van der Waals surface area contributed by atoms with E-state index in [0.29, 0.717) is 17.1 Å². The molecule has 10 nitrogen and oxygen atoms in total. The summed E-state index contributed by atoms with van der Waals surface area (Å²) < 4.78 is 21.0. The highest BCUT2D eigenvalue weighted by Crippen LogP contribution is 2.41. The largest absolute Gasteiger partial charge is 0.481 e. The number of halogens is 1. The van der Waals surface area contributed by atoms with Crippen molar-refractivity contribution < 1.29 is 18.7 Å². The fraction of sp³-hybridized carbons (Fsp3) is 0.318. The molecule has 5 rings (SSSR count). The third-order valence-electron chi connectivity index (χ3n) is 5.95. The Morgan fingerprint density at radius 1 is 1.36 bits per heavy atom. The number of rotatable bonds is 6. The molecule has 1 aliphatic heterocycles. The van der Waals surface area contributed by atoms with Crippen LogP contribution in [0.4, 0.5) is 16.0 Å². The van der Waals surface area contributed by atoms with Crippen LogP contribution in [-0.2, 0) is 21.5 Å². The van der Waals surface area contributed by atoms with E-state index >= 15 is 0 Å². The topological polar surface area (TPSA) is 137 Å². The molecule has 3 aromatic rings. The quantitative estimate of drug-likeness (QED) is 0.484. The van der Waals surface area contributed by atoms with Gasteiger partial charge in [0.25, 0.3) is 0 Å². The lowest BCUT2D eigenvalue weighted by molar-refractivity contribution is -0.133. The first-order chi connectivity index (χ1) is 15.8. The lowest BCUT2D eigenvalue weighted by atomic mass is 9.83. The van der Waals surface area contributed by atoms with Gasteiger partial charge in [0.2, 0.25) is 17.7 Å². The van der Waals surface area contributed by atoms with E-state index in [9.17, 15) is 14.0 Å². The maximum Gasteiger partial charge on any atom is 0.245 e. The summed E-state index contributed by atoms with van der Waals surface area (Å²) in [5, 5.41) is 9.95. The number of nitrogens with two attached hydrogens (primary N) is 1. The van der Waals surface area contributed by atoms with Crippen molar-refractivity contribution in [2.75, 3.05) is 18.2 Å². The Hall–Kier alpha value is -4.02. The Morgan fingerprint density at radius 3 is 2.82 bits per heavy atom. The number of fused-ring (bicyclic) bond motifs is 1. The molecule has 0 radical (unpaired) electrons. The van der Waals surface area contributed by atoms with Crippen molar-refractivity contribution in [3.05, 3.63) is 47.3 Å². The number of nitrogens with zero attached hydrogens (tertiary/aromatic N) is 4. The van der Waals surface area contributed by atoms with Crippen molar-refractivity contribution in [1.82, 2.24) is 25.1 Å². The Kier molecular flexibility index (Phi) is 4.76. The molecule has 0 saturated heterocycles. The van der Waals surface area contributed by atoms with E-state index in [0.717, 1.165) is 12.8 Å². The number of aromatic nitrogens is 4. The number of benzene rings is 1. The Morgan fingerprint density at radius 2 is 2.12 bits per heavy atom. The maximum absolute atomic E-state index is 14.1. The van der Waals surface area contributed by atoms with E-state index in [4.69, 9.17) is 10.5 Å². The number of carbonyl (C=O) groups is 2. The third kappa shape index (κ3) is 3.45. The zero-order chi connectivity index (χ0) is 23.3. The van der Waals surface area contributed by atoms with Crippen LogP contribution in [0.1, 0.15) is 30.9 Å². The molecule has 1 unspecified atom stereocenters. The highest BCUT2D eigenvalue weighted by atomic mass is 19.1. The molecule has 2 aromatic heterocycles. The number of methoxy groups -OCH3 is 1. The molecule has 1 saturated carbocycles. The van der Waals surface area contributed by atoms with Gasteiger partial charge >= 0.3 is 0 Å². The number of nitrogen functional groups attached to an aromatic ring is 1. The van der Waals surface area contributed by atoms with Gasteiger partial charge < -0.3 is 21.1 Å². The van der Waals surface area contributed by atoms with Crippen LogP contribution in [0.25, 0.3) is 11.5 Å². The van der Waals surface area contributed by atoms with E-state index in [1.165, 1.54) is 24.8 Å². The fourth-order valence-electron chi connectivity index (χ4n) is 3.87. The molecule has 1 fully saturated rings. The molecule has 1 aromatic carbocycles. The van der Waals surface area contributed by atoms with Crippen LogP contribution in [0.5, 0.6) is 5.88 Å². The summed E-state index contributed by atoms with van der Waals surface area (Å²) in [6.07, 6.45) is 1.77. The van der Waals surface area contributed by atoms with E-state index in [2.05, 4.69) is 25.7 Å². The molecule has 4 N–H and O–H groups in total. The van der Waals surface area contributed by atoms with Crippen molar-refractivity contribution in [2.45, 2.75) is 37.8 Å². The second-order valence-electron chi connectivity index (χ2n) is 8.30. The van der Waals surface area contributed by atoms with Gasteiger partial charge in [-0.25, -0.2) is 19.0 Å². The first-order valence-electron chi connectivity index (χ1n) is 10.5. The molecule has 2 amide bonds.